The number of nitrogens with zero attached hydrogens (tertiary/aromatic N) is 3. The van der Waals surface area contributed by atoms with Crippen LogP contribution in [0.4, 0.5) is 24.9 Å². The van der Waals surface area contributed by atoms with E-state index in [9.17, 15) is 13.2 Å². The van der Waals surface area contributed by atoms with Crippen molar-refractivity contribution in [3.05, 3.63) is 47.7 Å². The number of hydrogen-bond acceptors (Lipinski definition) is 4. The van der Waals surface area contributed by atoms with Crippen molar-refractivity contribution < 1.29 is 13.2 Å². The molecule has 0 unspecified atom stereocenters. The van der Waals surface area contributed by atoms with Gasteiger partial charge in [0.2, 0.25) is 5.95 Å². The summed E-state index contributed by atoms with van der Waals surface area (Å²) in [4.78, 5) is 9.84. The fraction of sp³-hybridized carbons (Fsp3) is 0.450. The summed E-state index contributed by atoms with van der Waals surface area (Å²) in [7, 11) is 0. The molecule has 2 N–H and O–H groups in total. The van der Waals surface area contributed by atoms with Crippen LogP contribution in [-0.2, 0) is 6.18 Å². The van der Waals surface area contributed by atoms with Gasteiger partial charge < -0.3 is 15.5 Å². The Bertz CT molecular complexity index is 821. The first-order valence-corrected chi connectivity index (χ1v) is 10.1. The lowest BCUT2D eigenvalue weighted by atomic mass is 10.1. The molecule has 1 atom stereocenters. The molecule has 5 nitrogen and oxygen atoms in total. The van der Waals surface area contributed by atoms with E-state index in [4.69, 9.17) is 12.2 Å². The van der Waals surface area contributed by atoms with Gasteiger partial charge in [-0.2, -0.15) is 18.2 Å². The van der Waals surface area contributed by atoms with Gasteiger partial charge in [-0.1, -0.05) is 43.2 Å². The van der Waals surface area contributed by atoms with Gasteiger partial charge in [-0.05, 0) is 37.5 Å². The molecule has 0 spiro atoms. The van der Waals surface area contributed by atoms with Gasteiger partial charge in [-0.3, -0.25) is 0 Å². The molecule has 9 heteroatoms. The zero-order valence-corrected chi connectivity index (χ0v) is 17.0. The minimum absolute atomic E-state index is 0.118. The first-order valence-electron chi connectivity index (χ1n) is 9.66. The Hall–Kier alpha value is -2.42. The van der Waals surface area contributed by atoms with Crippen LogP contribution in [0.15, 0.2) is 36.4 Å². The first kappa shape index (κ1) is 21.3. The molecule has 0 radical (unpaired) electrons. The summed E-state index contributed by atoms with van der Waals surface area (Å²) in [5.41, 5.74) is 0.0278. The summed E-state index contributed by atoms with van der Waals surface area (Å²) >= 11 is 5.27. The van der Waals surface area contributed by atoms with E-state index in [0.29, 0.717) is 13.1 Å². The second-order valence-electron chi connectivity index (χ2n) is 7.06. The highest BCUT2D eigenvalue weighted by molar-refractivity contribution is 7.80. The molecule has 0 bridgehead atoms. The van der Waals surface area contributed by atoms with Crippen LogP contribution in [0.2, 0.25) is 0 Å². The second kappa shape index (κ2) is 9.39. The minimum Gasteiger partial charge on any atom is -0.356 e. The number of aromatic nitrogens is 2. The number of nitrogens with one attached hydrogen (secondary N) is 2. The molecule has 2 aromatic rings. The molecular formula is C20H24F3N5S. The molecule has 0 saturated carbocycles. The van der Waals surface area contributed by atoms with E-state index in [1.807, 2.05) is 42.2 Å². The van der Waals surface area contributed by atoms with E-state index in [2.05, 4.69) is 20.6 Å². The van der Waals surface area contributed by atoms with Crippen molar-refractivity contribution in [1.29, 1.82) is 0 Å². The molecule has 0 amide bonds. The van der Waals surface area contributed by atoms with Gasteiger partial charge in [0, 0.05) is 19.2 Å². The van der Waals surface area contributed by atoms with Crippen LogP contribution < -0.4 is 15.5 Å². The summed E-state index contributed by atoms with van der Waals surface area (Å²) in [5, 5.41) is 5.95. The molecule has 1 saturated heterocycles. The molecule has 156 valence electrons. The van der Waals surface area contributed by atoms with Gasteiger partial charge in [0.1, 0.15) is 5.82 Å². The fourth-order valence-electron chi connectivity index (χ4n) is 3.26. The monoisotopic (exact) mass is 423 g/mol. The van der Waals surface area contributed by atoms with Crippen molar-refractivity contribution in [1.82, 2.24) is 15.3 Å². The second-order valence-corrected chi connectivity index (χ2v) is 7.47. The van der Waals surface area contributed by atoms with Crippen molar-refractivity contribution in [3.8, 4) is 0 Å². The molecule has 1 aromatic carbocycles. The summed E-state index contributed by atoms with van der Waals surface area (Å²) < 4.78 is 40.1. The van der Waals surface area contributed by atoms with Gasteiger partial charge in [-0.25, -0.2) is 4.98 Å². The lowest BCUT2D eigenvalue weighted by Crippen LogP contribution is -2.32. The molecule has 1 aliphatic heterocycles. The van der Waals surface area contributed by atoms with E-state index in [1.54, 1.807) is 0 Å². The highest BCUT2D eigenvalue weighted by Gasteiger charge is 2.34. The first-order chi connectivity index (χ1) is 13.8. The van der Waals surface area contributed by atoms with Crippen LogP contribution in [0.3, 0.4) is 0 Å². The Balaban J connectivity index is 1.78. The van der Waals surface area contributed by atoms with Crippen molar-refractivity contribution in [2.75, 3.05) is 23.3 Å². The number of hydrogen-bond donors (Lipinski definition) is 2. The van der Waals surface area contributed by atoms with Gasteiger partial charge in [0.25, 0.3) is 0 Å². The maximum Gasteiger partial charge on any atom is 0.433 e. The van der Waals surface area contributed by atoms with E-state index < -0.39 is 11.9 Å². The van der Waals surface area contributed by atoms with Crippen LogP contribution in [-0.4, -0.2) is 28.2 Å². The van der Waals surface area contributed by atoms with Gasteiger partial charge >= 0.3 is 6.18 Å². The van der Waals surface area contributed by atoms with Crippen LogP contribution in [0, 0.1) is 0 Å². The Labute approximate surface area is 173 Å². The molecule has 1 aromatic heterocycles. The van der Waals surface area contributed by atoms with E-state index in [0.717, 1.165) is 37.3 Å². The third kappa shape index (κ3) is 6.03. The quantitative estimate of drug-likeness (QED) is 0.681. The highest BCUT2D eigenvalue weighted by atomic mass is 32.1. The van der Waals surface area contributed by atoms with Crippen molar-refractivity contribution in [2.24, 2.45) is 0 Å². The predicted molar refractivity (Wildman–Crippen MR) is 112 cm³/mol. The lowest BCUT2D eigenvalue weighted by molar-refractivity contribution is -0.141. The van der Waals surface area contributed by atoms with Gasteiger partial charge in [0.05, 0.1) is 6.04 Å². The topological polar surface area (TPSA) is 53.1 Å². The predicted octanol–water partition coefficient (Wildman–Crippen LogP) is 4.92. The number of rotatable bonds is 4. The number of alkyl halides is 3. The number of anilines is 2. The van der Waals surface area contributed by atoms with Crippen LogP contribution >= 0.6 is 12.2 Å². The summed E-state index contributed by atoms with van der Waals surface area (Å²) in [6.07, 6.45) is -0.550. The third-order valence-corrected chi connectivity index (χ3v) is 5.03. The number of halogens is 3. The van der Waals surface area contributed by atoms with E-state index in [1.165, 1.54) is 0 Å². The Kier molecular flexibility index (Phi) is 6.89. The largest absolute Gasteiger partial charge is 0.433 e. The molecule has 3 rings (SSSR count). The lowest BCUT2D eigenvalue weighted by Gasteiger charge is -2.23. The van der Waals surface area contributed by atoms with Crippen LogP contribution in [0.5, 0.6) is 0 Å². The van der Waals surface area contributed by atoms with E-state index >= 15 is 0 Å². The highest BCUT2D eigenvalue weighted by Crippen LogP contribution is 2.31. The smallest absolute Gasteiger partial charge is 0.356 e. The number of thiocarbonyl (C=S) groups is 1. The van der Waals surface area contributed by atoms with Crippen LogP contribution in [0.1, 0.15) is 49.9 Å². The Morgan fingerprint density at radius 2 is 1.72 bits per heavy atom. The summed E-state index contributed by atoms with van der Waals surface area (Å²) in [5.74, 6) is 0.118. The van der Waals surface area contributed by atoms with Crippen molar-refractivity contribution in [2.45, 2.75) is 44.8 Å². The van der Waals surface area contributed by atoms with Crippen molar-refractivity contribution >= 4 is 29.1 Å². The number of benzene rings is 1. The summed E-state index contributed by atoms with van der Waals surface area (Å²) in [6.45, 7) is 3.28. The molecule has 29 heavy (non-hydrogen) atoms. The van der Waals surface area contributed by atoms with Crippen LogP contribution in [0.25, 0.3) is 0 Å². The van der Waals surface area contributed by atoms with E-state index in [-0.39, 0.29) is 22.9 Å². The maximum absolute atomic E-state index is 13.4. The van der Waals surface area contributed by atoms with Crippen molar-refractivity contribution in [3.63, 3.8) is 0 Å². The molecule has 2 heterocycles. The zero-order valence-electron chi connectivity index (χ0n) is 16.2. The minimum atomic E-state index is -4.56. The SMILES string of the molecule is C[C@H](NC(=S)Nc1nc(N2CCCCCC2)cc(C(F)(F)F)n1)c1ccccc1. The molecule has 1 fully saturated rings. The molecular weight excluding hydrogens is 399 g/mol. The Morgan fingerprint density at radius 1 is 1.07 bits per heavy atom. The maximum atomic E-state index is 13.4. The molecule has 0 aliphatic carbocycles. The molecule has 1 aliphatic rings. The standard InChI is InChI=1S/C20H24F3N5S/c1-14(15-9-5-4-6-10-15)24-19(29)27-18-25-16(20(21,22)23)13-17(26-18)28-11-7-2-3-8-12-28/h4-6,9-10,13-14H,2-3,7-8,11-12H2,1H3,(H2,24,25,26,27,29)/t14-/m0/s1. The average Bonchev–Trinajstić information content (AvgIpc) is 2.97. The van der Waals surface area contributed by atoms with Gasteiger partial charge in [0.15, 0.2) is 10.8 Å². The normalized spacial score (nSPS) is 16.1. The third-order valence-electron chi connectivity index (χ3n) is 4.81. The Morgan fingerprint density at radius 3 is 2.34 bits per heavy atom. The zero-order chi connectivity index (χ0) is 20.9. The summed E-state index contributed by atoms with van der Waals surface area (Å²) in [6, 6.07) is 10.5. The van der Waals surface area contributed by atoms with Gasteiger partial charge in [-0.15, -0.1) is 0 Å². The average molecular weight is 424 g/mol. The fourth-order valence-corrected chi connectivity index (χ4v) is 3.52.